The number of aliphatic carboxylic acids is 1. The molecule has 0 aliphatic carbocycles. The van der Waals surface area contributed by atoms with E-state index in [0.29, 0.717) is 0 Å². The van der Waals surface area contributed by atoms with Gasteiger partial charge in [-0.05, 0) is 12.3 Å². The molecule has 18 heavy (non-hydrogen) atoms. The Morgan fingerprint density at radius 3 is 2.06 bits per heavy atom. The number of rotatable bonds is 6. The first-order valence-corrected chi connectivity index (χ1v) is 7.21. The summed E-state index contributed by atoms with van der Waals surface area (Å²) in [5.41, 5.74) is -0.185. The summed E-state index contributed by atoms with van der Waals surface area (Å²) in [4.78, 5) is 10.5. The van der Waals surface area contributed by atoms with Gasteiger partial charge in [0.05, 0.1) is 6.42 Å². The van der Waals surface area contributed by atoms with Gasteiger partial charge in [0.15, 0.2) is 0 Å². The number of hydrogen-bond acceptors (Lipinski definition) is 3. The van der Waals surface area contributed by atoms with Gasteiger partial charge in [0, 0.05) is 26.7 Å². The average Bonchev–Trinajstić information content (AvgIpc) is 2.21. The maximum atomic E-state index is 12.2. The highest BCUT2D eigenvalue weighted by atomic mass is 32.2. The van der Waals surface area contributed by atoms with Gasteiger partial charge in [-0.3, -0.25) is 4.79 Å². The first-order chi connectivity index (χ1) is 7.90. The summed E-state index contributed by atoms with van der Waals surface area (Å²) in [5.74, 6) is -1.01. The molecule has 0 aromatic carbocycles. The summed E-state index contributed by atoms with van der Waals surface area (Å²) in [6, 6.07) is -0.185. The van der Waals surface area contributed by atoms with E-state index in [9.17, 15) is 13.2 Å². The standard InChI is InChI=1S/C11H24N2O4S/c1-9(11(2,3)4)13(6)18(16,17)12(5)8-7-10(14)15/h9H,7-8H2,1-6H3,(H,14,15). The Bertz CT molecular complexity index is 386. The number of carboxylic acid groups (broad SMARTS) is 1. The normalized spacial score (nSPS) is 15.1. The highest BCUT2D eigenvalue weighted by Crippen LogP contribution is 2.25. The van der Waals surface area contributed by atoms with Crippen LogP contribution in [0.5, 0.6) is 0 Å². The zero-order valence-corrected chi connectivity index (χ0v) is 12.8. The van der Waals surface area contributed by atoms with E-state index in [2.05, 4.69) is 0 Å². The summed E-state index contributed by atoms with van der Waals surface area (Å²) in [7, 11) is -0.704. The average molecular weight is 280 g/mol. The van der Waals surface area contributed by atoms with Crippen molar-refractivity contribution >= 4 is 16.2 Å². The monoisotopic (exact) mass is 280 g/mol. The summed E-state index contributed by atoms with van der Waals surface area (Å²) < 4.78 is 26.7. The van der Waals surface area contributed by atoms with Gasteiger partial charge in [0.2, 0.25) is 0 Å². The number of nitrogens with zero attached hydrogens (tertiary/aromatic N) is 2. The molecule has 0 radical (unpaired) electrons. The third-order valence-electron chi connectivity index (χ3n) is 3.20. The van der Waals surface area contributed by atoms with Gasteiger partial charge < -0.3 is 5.11 Å². The molecule has 7 heteroatoms. The number of hydrogen-bond donors (Lipinski definition) is 1. The molecule has 0 bridgehead atoms. The fraction of sp³-hybridized carbons (Fsp3) is 0.909. The minimum absolute atomic E-state index is 0.0289. The van der Waals surface area contributed by atoms with Gasteiger partial charge in [0.1, 0.15) is 0 Å². The predicted octanol–water partition coefficient (Wildman–Crippen LogP) is 1.00. The fourth-order valence-corrected chi connectivity index (χ4v) is 2.81. The van der Waals surface area contributed by atoms with Crippen LogP contribution in [0.25, 0.3) is 0 Å². The Labute approximate surface area is 110 Å². The van der Waals surface area contributed by atoms with E-state index in [1.165, 1.54) is 18.4 Å². The van der Waals surface area contributed by atoms with Crippen molar-refractivity contribution in [3.63, 3.8) is 0 Å². The van der Waals surface area contributed by atoms with E-state index in [4.69, 9.17) is 5.11 Å². The van der Waals surface area contributed by atoms with Crippen LogP contribution < -0.4 is 0 Å². The molecule has 1 atom stereocenters. The zero-order chi connectivity index (χ0) is 14.7. The quantitative estimate of drug-likeness (QED) is 0.787. The Hall–Kier alpha value is -0.660. The molecular formula is C11H24N2O4S. The Balaban J connectivity index is 4.87. The maximum absolute atomic E-state index is 12.2. The van der Waals surface area contributed by atoms with Crippen LogP contribution in [0, 0.1) is 5.41 Å². The summed E-state index contributed by atoms with van der Waals surface area (Å²) >= 11 is 0. The fourth-order valence-electron chi connectivity index (χ4n) is 1.33. The van der Waals surface area contributed by atoms with Crippen molar-refractivity contribution in [3.05, 3.63) is 0 Å². The SMILES string of the molecule is CC(N(C)S(=O)(=O)N(C)CCC(=O)O)C(C)(C)C. The molecule has 0 saturated carbocycles. The highest BCUT2D eigenvalue weighted by Gasteiger charge is 2.33. The Morgan fingerprint density at radius 2 is 1.72 bits per heavy atom. The molecule has 108 valence electrons. The van der Waals surface area contributed by atoms with Crippen molar-refractivity contribution in [2.24, 2.45) is 5.41 Å². The molecule has 0 saturated heterocycles. The number of carboxylic acids is 1. The second kappa shape index (κ2) is 5.99. The van der Waals surface area contributed by atoms with E-state index in [1.54, 1.807) is 0 Å². The zero-order valence-electron chi connectivity index (χ0n) is 12.0. The first-order valence-electron chi connectivity index (χ1n) is 5.81. The molecule has 0 amide bonds. The van der Waals surface area contributed by atoms with Gasteiger partial charge in [0.25, 0.3) is 10.2 Å². The molecule has 0 fully saturated rings. The second-order valence-corrected chi connectivity index (χ2v) is 7.63. The molecule has 0 spiro atoms. The predicted molar refractivity (Wildman–Crippen MR) is 70.5 cm³/mol. The highest BCUT2D eigenvalue weighted by molar-refractivity contribution is 7.86. The summed E-state index contributed by atoms with van der Waals surface area (Å²) in [6.07, 6.45) is -0.201. The van der Waals surface area contributed by atoms with Crippen molar-refractivity contribution in [2.45, 2.75) is 40.2 Å². The Morgan fingerprint density at radius 1 is 1.28 bits per heavy atom. The molecule has 6 nitrogen and oxygen atoms in total. The van der Waals surface area contributed by atoms with Crippen LogP contribution in [0.1, 0.15) is 34.1 Å². The van der Waals surface area contributed by atoms with Crippen LogP contribution in [-0.2, 0) is 15.0 Å². The minimum atomic E-state index is -3.61. The lowest BCUT2D eigenvalue weighted by Crippen LogP contribution is -2.48. The smallest absolute Gasteiger partial charge is 0.304 e. The van der Waals surface area contributed by atoms with Crippen molar-refractivity contribution in [2.75, 3.05) is 20.6 Å². The molecule has 0 heterocycles. The lowest BCUT2D eigenvalue weighted by atomic mass is 9.88. The van der Waals surface area contributed by atoms with E-state index in [1.807, 2.05) is 27.7 Å². The summed E-state index contributed by atoms with van der Waals surface area (Å²) in [5, 5.41) is 8.57. The van der Waals surface area contributed by atoms with Crippen molar-refractivity contribution < 1.29 is 18.3 Å². The molecular weight excluding hydrogens is 256 g/mol. The molecule has 0 aliphatic heterocycles. The molecule has 0 aromatic heterocycles. The second-order valence-electron chi connectivity index (χ2n) is 5.53. The third kappa shape index (κ3) is 4.55. The van der Waals surface area contributed by atoms with Crippen molar-refractivity contribution in [1.29, 1.82) is 0 Å². The minimum Gasteiger partial charge on any atom is -0.481 e. The maximum Gasteiger partial charge on any atom is 0.304 e. The molecule has 0 aliphatic rings. The van der Waals surface area contributed by atoms with Crippen LogP contribution in [0.4, 0.5) is 0 Å². The molecule has 0 rings (SSSR count). The Kier molecular flexibility index (Phi) is 5.77. The van der Waals surface area contributed by atoms with Crippen LogP contribution in [-0.4, -0.2) is 54.8 Å². The summed E-state index contributed by atoms with van der Waals surface area (Å²) in [6.45, 7) is 7.68. The van der Waals surface area contributed by atoms with Gasteiger partial charge >= 0.3 is 5.97 Å². The first kappa shape index (κ1) is 17.3. The van der Waals surface area contributed by atoms with Crippen molar-refractivity contribution in [3.8, 4) is 0 Å². The largest absolute Gasteiger partial charge is 0.481 e. The lowest BCUT2D eigenvalue weighted by Gasteiger charge is -2.36. The van der Waals surface area contributed by atoms with Gasteiger partial charge in [-0.25, -0.2) is 0 Å². The van der Waals surface area contributed by atoms with E-state index >= 15 is 0 Å². The van der Waals surface area contributed by atoms with E-state index in [0.717, 1.165) is 4.31 Å². The van der Waals surface area contributed by atoms with Crippen LogP contribution in [0.2, 0.25) is 0 Å². The lowest BCUT2D eigenvalue weighted by molar-refractivity contribution is -0.137. The third-order valence-corrected chi connectivity index (χ3v) is 5.21. The molecule has 0 aromatic rings. The molecule has 1 N–H and O–H groups in total. The van der Waals surface area contributed by atoms with Gasteiger partial charge in [-0.2, -0.15) is 17.0 Å². The van der Waals surface area contributed by atoms with E-state index in [-0.39, 0.29) is 24.4 Å². The van der Waals surface area contributed by atoms with Crippen LogP contribution in [0.15, 0.2) is 0 Å². The van der Waals surface area contributed by atoms with E-state index < -0.39 is 16.2 Å². The van der Waals surface area contributed by atoms with Gasteiger partial charge in [-0.15, -0.1) is 0 Å². The van der Waals surface area contributed by atoms with Crippen LogP contribution >= 0.6 is 0 Å². The van der Waals surface area contributed by atoms with Gasteiger partial charge in [-0.1, -0.05) is 20.8 Å². The van der Waals surface area contributed by atoms with Crippen molar-refractivity contribution in [1.82, 2.24) is 8.61 Å². The molecule has 1 unspecified atom stereocenters. The van der Waals surface area contributed by atoms with Crippen LogP contribution in [0.3, 0.4) is 0 Å². The number of carbonyl (C=O) groups is 1. The topological polar surface area (TPSA) is 77.9 Å².